The van der Waals surface area contributed by atoms with Crippen molar-refractivity contribution in [2.45, 2.75) is 23.8 Å². The summed E-state index contributed by atoms with van der Waals surface area (Å²) in [6.45, 7) is 0. The molecule has 1 aliphatic rings. The van der Waals surface area contributed by atoms with Crippen molar-refractivity contribution < 1.29 is 27.1 Å². The molecule has 36 heavy (non-hydrogen) atoms. The van der Waals surface area contributed by atoms with Crippen molar-refractivity contribution in [2.75, 3.05) is 4.31 Å². The molecule has 184 valence electrons. The van der Waals surface area contributed by atoms with Crippen molar-refractivity contribution in [1.82, 2.24) is 9.55 Å². The van der Waals surface area contributed by atoms with Gasteiger partial charge in [0.1, 0.15) is 23.0 Å². The van der Waals surface area contributed by atoms with E-state index in [0.717, 1.165) is 43.2 Å². The zero-order chi connectivity index (χ0) is 25.8. The molecule has 4 aromatic rings. The third kappa shape index (κ3) is 4.16. The second-order valence-electron chi connectivity index (χ2n) is 8.19. The smallest absolute Gasteiger partial charge is 0.341 e. The molecule has 0 aliphatic heterocycles. The summed E-state index contributed by atoms with van der Waals surface area (Å²) in [5, 5.41) is 9.26. The van der Waals surface area contributed by atoms with E-state index in [0.29, 0.717) is 8.78 Å². The lowest BCUT2D eigenvalue weighted by Gasteiger charge is -2.25. The molecule has 2 aromatic carbocycles. The van der Waals surface area contributed by atoms with Gasteiger partial charge in [-0.15, -0.1) is 0 Å². The summed E-state index contributed by atoms with van der Waals surface area (Å²) in [5.74, 6) is -3.33. The summed E-state index contributed by atoms with van der Waals surface area (Å²) in [4.78, 5) is 28.2. The number of carbonyl (C=O) groups is 1. The fourth-order valence-corrected chi connectivity index (χ4v) is 5.58. The normalized spacial score (nSPS) is 13.6. The lowest BCUT2D eigenvalue weighted by molar-refractivity contribution is 0.0694. The van der Waals surface area contributed by atoms with Crippen LogP contribution in [0.2, 0.25) is 0 Å². The lowest BCUT2D eigenvalue weighted by atomic mass is 10.1. The van der Waals surface area contributed by atoms with Crippen molar-refractivity contribution in [2.24, 2.45) is 0 Å². The molecule has 2 heterocycles. The van der Waals surface area contributed by atoms with Crippen LogP contribution in [0, 0.1) is 11.6 Å². The largest absolute Gasteiger partial charge is 0.477 e. The van der Waals surface area contributed by atoms with Crippen LogP contribution in [-0.4, -0.2) is 29.0 Å². The van der Waals surface area contributed by atoms with Gasteiger partial charge in [-0.05, 0) is 77.3 Å². The van der Waals surface area contributed by atoms with Gasteiger partial charge in [0, 0.05) is 28.3 Å². The number of pyridine rings is 2. The van der Waals surface area contributed by atoms with Crippen molar-refractivity contribution in [3.8, 4) is 0 Å². The average Bonchev–Trinajstić information content (AvgIpc) is 3.67. The lowest BCUT2D eigenvalue weighted by Crippen LogP contribution is -2.28. The summed E-state index contributed by atoms with van der Waals surface area (Å²) >= 11 is 3.23. The summed E-state index contributed by atoms with van der Waals surface area (Å²) in [6.07, 6.45) is 3.97. The number of anilines is 2. The molecule has 0 bridgehead atoms. The molecule has 0 spiro atoms. The van der Waals surface area contributed by atoms with E-state index in [4.69, 9.17) is 0 Å². The minimum Gasteiger partial charge on any atom is -0.477 e. The first-order chi connectivity index (χ1) is 17.1. The molecule has 0 atom stereocenters. The van der Waals surface area contributed by atoms with E-state index in [9.17, 15) is 27.5 Å². The molecule has 0 amide bonds. The Morgan fingerprint density at radius 1 is 1.11 bits per heavy atom. The molecule has 8 nitrogen and oxygen atoms in total. The molecular weight excluding hydrogens is 560 g/mol. The Morgan fingerprint density at radius 3 is 2.39 bits per heavy atom. The van der Waals surface area contributed by atoms with Gasteiger partial charge in [-0.1, -0.05) is 0 Å². The number of rotatable bonds is 6. The first-order valence-electron chi connectivity index (χ1n) is 10.6. The van der Waals surface area contributed by atoms with Gasteiger partial charge in [-0.3, -0.25) is 4.79 Å². The number of sulfonamides is 1. The maximum absolute atomic E-state index is 15.6. The number of carboxylic acids is 1. The second-order valence-corrected chi connectivity index (χ2v) is 10.9. The van der Waals surface area contributed by atoms with Crippen LogP contribution in [0.5, 0.6) is 0 Å². The highest BCUT2D eigenvalue weighted by Gasteiger charge is 2.33. The van der Waals surface area contributed by atoms with E-state index in [-0.39, 0.29) is 27.7 Å². The predicted molar refractivity (Wildman–Crippen MR) is 131 cm³/mol. The maximum Gasteiger partial charge on any atom is 0.341 e. The highest BCUT2D eigenvalue weighted by molar-refractivity contribution is 9.10. The summed E-state index contributed by atoms with van der Waals surface area (Å²) < 4.78 is 59.3. The number of hydrogen-bond acceptors (Lipinski definition) is 5. The average molecular weight is 576 g/mol. The Bertz CT molecular complexity index is 1690. The monoisotopic (exact) mass is 575 g/mol. The van der Waals surface area contributed by atoms with Crippen molar-refractivity contribution >= 4 is 54.3 Å². The molecule has 0 radical (unpaired) electrons. The van der Waals surface area contributed by atoms with E-state index in [1.165, 1.54) is 30.6 Å². The van der Waals surface area contributed by atoms with Gasteiger partial charge in [-0.25, -0.2) is 31.3 Å². The number of benzene rings is 2. The molecule has 1 N–H and O–H groups in total. The van der Waals surface area contributed by atoms with Gasteiger partial charge in [0.15, 0.2) is 0 Å². The highest BCUT2D eigenvalue weighted by Crippen LogP contribution is 2.40. The van der Waals surface area contributed by atoms with Crippen LogP contribution in [0.25, 0.3) is 10.9 Å². The first kappa shape index (κ1) is 24.1. The van der Waals surface area contributed by atoms with Gasteiger partial charge >= 0.3 is 5.97 Å². The SMILES string of the molecule is O=C(O)c1cn(C2CC2)c2cc(N(c3ccc(Br)cn3)S(=O)(=O)c3ccc(F)cc3)c(F)cc2c1=O. The van der Waals surface area contributed by atoms with E-state index in [1.807, 2.05) is 0 Å². The molecule has 5 rings (SSSR count). The van der Waals surface area contributed by atoms with E-state index in [2.05, 4.69) is 20.9 Å². The van der Waals surface area contributed by atoms with Crippen LogP contribution in [0.3, 0.4) is 0 Å². The fraction of sp³-hybridized carbons (Fsp3) is 0.125. The van der Waals surface area contributed by atoms with E-state index < -0.39 is 44.3 Å². The number of hydrogen-bond donors (Lipinski definition) is 1. The van der Waals surface area contributed by atoms with Crippen LogP contribution >= 0.6 is 15.9 Å². The topological polar surface area (TPSA) is 110 Å². The third-order valence-corrected chi connectivity index (χ3v) is 7.96. The molecule has 0 saturated heterocycles. The molecule has 1 saturated carbocycles. The number of nitrogens with zero attached hydrogens (tertiary/aromatic N) is 3. The van der Waals surface area contributed by atoms with E-state index >= 15 is 4.39 Å². The van der Waals surface area contributed by atoms with Crippen LogP contribution in [-0.2, 0) is 10.0 Å². The minimum absolute atomic E-state index is 0.113. The van der Waals surface area contributed by atoms with Crippen LogP contribution in [0.1, 0.15) is 29.2 Å². The zero-order valence-electron chi connectivity index (χ0n) is 18.2. The Balaban J connectivity index is 1.81. The first-order valence-corrected chi connectivity index (χ1v) is 12.9. The Morgan fingerprint density at radius 2 is 1.81 bits per heavy atom. The maximum atomic E-state index is 15.6. The fourth-order valence-electron chi connectivity index (χ4n) is 3.90. The van der Waals surface area contributed by atoms with Gasteiger partial charge in [0.2, 0.25) is 5.43 Å². The number of carboxylic acid groups (broad SMARTS) is 1. The van der Waals surface area contributed by atoms with Crippen LogP contribution in [0.4, 0.5) is 20.3 Å². The Hall–Kier alpha value is -3.64. The predicted octanol–water partition coefficient (Wildman–Crippen LogP) is 5.00. The molecular formula is C24H16BrF2N3O5S. The Labute approximate surface area is 211 Å². The van der Waals surface area contributed by atoms with E-state index in [1.54, 1.807) is 4.57 Å². The summed E-state index contributed by atoms with van der Waals surface area (Å²) in [5.41, 5.74) is -1.64. The van der Waals surface area contributed by atoms with Crippen LogP contribution in [0.15, 0.2) is 75.1 Å². The number of halogens is 3. The quantitative estimate of drug-likeness (QED) is 0.346. The van der Waals surface area contributed by atoms with Gasteiger partial charge < -0.3 is 9.67 Å². The molecule has 1 aliphatic carbocycles. The molecule has 1 fully saturated rings. The molecule has 12 heteroatoms. The zero-order valence-corrected chi connectivity index (χ0v) is 20.6. The highest BCUT2D eigenvalue weighted by atomic mass is 79.9. The Kier molecular flexibility index (Phi) is 5.87. The standard InChI is InChI=1S/C24H16BrF2N3O5S/c25-13-1-8-22(28-11-13)30(36(34,35)16-6-2-14(26)3-7-16)21-10-20-17(9-19(21)27)23(31)18(24(32)33)12-29(20)15-4-5-15/h1-3,6-12,15H,4-5H2,(H,32,33). The summed E-state index contributed by atoms with van der Waals surface area (Å²) in [7, 11) is -4.51. The minimum atomic E-state index is -4.51. The number of aromatic carboxylic acids is 1. The van der Waals surface area contributed by atoms with Crippen molar-refractivity contribution in [3.05, 3.63) is 92.8 Å². The molecule has 2 aromatic heterocycles. The van der Waals surface area contributed by atoms with Gasteiger partial charge in [0.25, 0.3) is 10.0 Å². The van der Waals surface area contributed by atoms with Gasteiger partial charge in [-0.2, -0.15) is 0 Å². The number of aromatic nitrogens is 2. The number of fused-ring (bicyclic) bond motifs is 1. The third-order valence-electron chi connectivity index (χ3n) is 5.76. The van der Waals surface area contributed by atoms with Crippen LogP contribution < -0.4 is 9.73 Å². The van der Waals surface area contributed by atoms with Gasteiger partial charge in [0.05, 0.1) is 16.1 Å². The van der Waals surface area contributed by atoms with Crippen molar-refractivity contribution in [3.63, 3.8) is 0 Å². The second kappa shape index (κ2) is 8.79. The van der Waals surface area contributed by atoms with Crippen molar-refractivity contribution in [1.29, 1.82) is 0 Å². The summed E-state index contributed by atoms with van der Waals surface area (Å²) in [6, 6.07) is 8.83. The molecule has 0 unspecified atom stereocenters.